The van der Waals surface area contributed by atoms with Crippen LogP contribution in [-0.4, -0.2) is 18.1 Å². The second-order valence-electron chi connectivity index (χ2n) is 4.85. The molecule has 110 valence electrons. The minimum absolute atomic E-state index is 0.766. The number of aliphatic carboxylic acids is 1. The minimum atomic E-state index is -0.921. The highest BCUT2D eigenvalue weighted by atomic mass is 32.1. The molecule has 21 heavy (non-hydrogen) atoms. The fraction of sp³-hybridized carbons (Fsp3) is 0.235. The summed E-state index contributed by atoms with van der Waals surface area (Å²) in [5, 5.41) is 10.7. The van der Waals surface area contributed by atoms with Gasteiger partial charge < -0.3 is 10.0 Å². The normalized spacial score (nSPS) is 11.0. The van der Waals surface area contributed by atoms with Crippen molar-refractivity contribution in [3.8, 4) is 0 Å². The summed E-state index contributed by atoms with van der Waals surface area (Å²) in [5.74, 6) is -0.921. The first-order valence-electron chi connectivity index (χ1n) is 6.87. The van der Waals surface area contributed by atoms with Crippen molar-refractivity contribution in [2.45, 2.75) is 19.9 Å². The Hall–Kier alpha value is -2.07. The molecule has 0 radical (unpaired) electrons. The van der Waals surface area contributed by atoms with Gasteiger partial charge in [0.1, 0.15) is 0 Å². The number of thiophene rings is 1. The van der Waals surface area contributed by atoms with Crippen LogP contribution in [0.4, 0.5) is 5.69 Å². The van der Waals surface area contributed by atoms with Gasteiger partial charge in [-0.2, -0.15) is 0 Å². The molecule has 0 aliphatic rings. The van der Waals surface area contributed by atoms with E-state index < -0.39 is 5.97 Å². The highest BCUT2D eigenvalue weighted by molar-refractivity contribution is 7.10. The Bertz CT molecular complexity index is 628. The van der Waals surface area contributed by atoms with E-state index in [1.165, 1.54) is 11.6 Å². The van der Waals surface area contributed by atoms with Crippen LogP contribution in [-0.2, 0) is 17.8 Å². The monoisotopic (exact) mass is 301 g/mol. The molecule has 0 amide bonds. The molecule has 4 heteroatoms. The first kappa shape index (κ1) is 15.3. The van der Waals surface area contributed by atoms with E-state index >= 15 is 0 Å². The average Bonchev–Trinajstić information content (AvgIpc) is 2.92. The molecule has 0 saturated carbocycles. The molecule has 0 aliphatic carbocycles. The van der Waals surface area contributed by atoms with Gasteiger partial charge in [0.2, 0.25) is 0 Å². The predicted molar refractivity (Wildman–Crippen MR) is 88.9 cm³/mol. The SMILES string of the molecule is CCc1ccc(N(C)Cc2sccc2C=CC(=O)O)cc1. The third-order valence-electron chi connectivity index (χ3n) is 3.35. The van der Waals surface area contributed by atoms with Crippen LogP contribution >= 0.6 is 11.3 Å². The van der Waals surface area contributed by atoms with E-state index in [9.17, 15) is 4.79 Å². The summed E-state index contributed by atoms with van der Waals surface area (Å²) in [6.07, 6.45) is 3.88. The summed E-state index contributed by atoms with van der Waals surface area (Å²) >= 11 is 1.65. The van der Waals surface area contributed by atoms with E-state index in [0.717, 1.165) is 29.1 Å². The van der Waals surface area contributed by atoms with Crippen molar-refractivity contribution in [1.82, 2.24) is 0 Å². The predicted octanol–water partition coefficient (Wildman–Crippen LogP) is 4.04. The molecule has 0 atom stereocenters. The van der Waals surface area contributed by atoms with Gasteiger partial charge in [-0.25, -0.2) is 4.79 Å². The van der Waals surface area contributed by atoms with Crippen LogP contribution in [0, 0.1) is 0 Å². The second-order valence-corrected chi connectivity index (χ2v) is 5.85. The van der Waals surface area contributed by atoms with Crippen molar-refractivity contribution < 1.29 is 9.90 Å². The Morgan fingerprint density at radius 2 is 2.00 bits per heavy atom. The number of carboxylic acids is 1. The lowest BCUT2D eigenvalue weighted by molar-refractivity contribution is -0.131. The van der Waals surface area contributed by atoms with Gasteiger partial charge >= 0.3 is 5.97 Å². The van der Waals surface area contributed by atoms with Crippen molar-refractivity contribution >= 4 is 29.1 Å². The standard InChI is InChI=1S/C17H19NO2S/c1-3-13-4-7-15(8-5-13)18(2)12-16-14(10-11-21-16)6-9-17(19)20/h4-11H,3,12H2,1-2H3,(H,19,20). The molecule has 1 aromatic heterocycles. The molecule has 0 unspecified atom stereocenters. The minimum Gasteiger partial charge on any atom is -0.478 e. The van der Waals surface area contributed by atoms with Gasteiger partial charge in [0, 0.05) is 23.7 Å². The number of carboxylic acid groups (broad SMARTS) is 1. The van der Waals surface area contributed by atoms with E-state index in [-0.39, 0.29) is 0 Å². The van der Waals surface area contributed by atoms with Crippen LogP contribution in [0.5, 0.6) is 0 Å². The summed E-state index contributed by atoms with van der Waals surface area (Å²) in [4.78, 5) is 13.9. The molecule has 0 spiro atoms. The maximum absolute atomic E-state index is 10.6. The topological polar surface area (TPSA) is 40.5 Å². The van der Waals surface area contributed by atoms with E-state index in [1.54, 1.807) is 17.4 Å². The molecule has 2 rings (SSSR count). The van der Waals surface area contributed by atoms with Crippen molar-refractivity contribution in [2.24, 2.45) is 0 Å². The zero-order valence-electron chi connectivity index (χ0n) is 12.2. The molecule has 1 heterocycles. The van der Waals surface area contributed by atoms with Gasteiger partial charge in [-0.1, -0.05) is 19.1 Å². The molecule has 0 aliphatic heterocycles. The van der Waals surface area contributed by atoms with E-state index in [4.69, 9.17) is 5.11 Å². The van der Waals surface area contributed by atoms with Crippen LogP contribution < -0.4 is 4.90 Å². The fourth-order valence-electron chi connectivity index (χ4n) is 2.08. The highest BCUT2D eigenvalue weighted by Crippen LogP contribution is 2.23. The number of aryl methyl sites for hydroxylation is 1. The van der Waals surface area contributed by atoms with E-state index in [0.29, 0.717) is 0 Å². The third-order valence-corrected chi connectivity index (χ3v) is 4.27. The molecule has 3 nitrogen and oxygen atoms in total. The Morgan fingerprint density at radius 1 is 1.29 bits per heavy atom. The average molecular weight is 301 g/mol. The van der Waals surface area contributed by atoms with Gasteiger partial charge in [-0.3, -0.25) is 0 Å². The zero-order chi connectivity index (χ0) is 15.2. The van der Waals surface area contributed by atoms with Crippen LogP contribution in [0.25, 0.3) is 6.08 Å². The largest absolute Gasteiger partial charge is 0.478 e. The van der Waals surface area contributed by atoms with Crippen LogP contribution in [0.15, 0.2) is 41.8 Å². The fourth-order valence-corrected chi connectivity index (χ4v) is 3.00. The van der Waals surface area contributed by atoms with E-state index in [2.05, 4.69) is 36.1 Å². The van der Waals surface area contributed by atoms with Crippen molar-refractivity contribution in [3.63, 3.8) is 0 Å². The van der Waals surface area contributed by atoms with Gasteiger partial charge in [0.25, 0.3) is 0 Å². The van der Waals surface area contributed by atoms with Crippen molar-refractivity contribution in [2.75, 3.05) is 11.9 Å². The van der Waals surface area contributed by atoms with Gasteiger partial charge in [-0.15, -0.1) is 11.3 Å². The lowest BCUT2D eigenvalue weighted by Crippen LogP contribution is -2.16. The summed E-state index contributed by atoms with van der Waals surface area (Å²) < 4.78 is 0. The quantitative estimate of drug-likeness (QED) is 0.818. The smallest absolute Gasteiger partial charge is 0.328 e. The molecule has 0 bridgehead atoms. The lowest BCUT2D eigenvalue weighted by atomic mass is 10.1. The Labute approximate surface area is 129 Å². The highest BCUT2D eigenvalue weighted by Gasteiger charge is 2.07. The number of benzene rings is 1. The third kappa shape index (κ3) is 4.20. The molecule has 1 N–H and O–H groups in total. The number of nitrogens with zero attached hydrogens (tertiary/aromatic N) is 1. The zero-order valence-corrected chi connectivity index (χ0v) is 13.1. The van der Waals surface area contributed by atoms with Crippen molar-refractivity contribution in [3.05, 3.63) is 57.8 Å². The summed E-state index contributed by atoms with van der Waals surface area (Å²) in [6, 6.07) is 10.5. The number of hydrogen-bond donors (Lipinski definition) is 1. The second kappa shape index (κ2) is 7.09. The molecular formula is C17H19NO2S. The summed E-state index contributed by atoms with van der Waals surface area (Å²) in [6.45, 7) is 2.91. The van der Waals surface area contributed by atoms with Gasteiger partial charge in [0.05, 0.1) is 6.54 Å². The first-order chi connectivity index (χ1) is 10.1. The number of carbonyl (C=O) groups is 1. The molecular weight excluding hydrogens is 282 g/mol. The number of rotatable bonds is 6. The molecule has 0 fully saturated rings. The van der Waals surface area contributed by atoms with Gasteiger partial charge in [0.15, 0.2) is 0 Å². The molecule has 2 aromatic rings. The summed E-state index contributed by atoms with van der Waals surface area (Å²) in [5.41, 5.74) is 3.46. The number of hydrogen-bond acceptors (Lipinski definition) is 3. The van der Waals surface area contributed by atoms with E-state index in [1.807, 2.05) is 18.5 Å². The maximum Gasteiger partial charge on any atom is 0.328 e. The lowest BCUT2D eigenvalue weighted by Gasteiger charge is -2.19. The maximum atomic E-state index is 10.6. The van der Waals surface area contributed by atoms with Crippen LogP contribution in [0.3, 0.4) is 0 Å². The Balaban J connectivity index is 2.10. The number of anilines is 1. The summed E-state index contributed by atoms with van der Waals surface area (Å²) in [7, 11) is 2.05. The van der Waals surface area contributed by atoms with Gasteiger partial charge in [-0.05, 0) is 47.2 Å². The van der Waals surface area contributed by atoms with Crippen molar-refractivity contribution in [1.29, 1.82) is 0 Å². The Kier molecular flexibility index (Phi) is 5.17. The first-order valence-corrected chi connectivity index (χ1v) is 7.75. The molecule has 0 saturated heterocycles. The Morgan fingerprint density at radius 3 is 2.62 bits per heavy atom. The van der Waals surface area contributed by atoms with Crippen LogP contribution in [0.2, 0.25) is 0 Å². The molecule has 1 aromatic carbocycles. The van der Waals surface area contributed by atoms with Crippen LogP contribution in [0.1, 0.15) is 22.9 Å².